The zero-order chi connectivity index (χ0) is 13.8. The van der Waals surface area contributed by atoms with Gasteiger partial charge >= 0.3 is 5.97 Å². The highest BCUT2D eigenvalue weighted by atomic mass is 79.9. The third kappa shape index (κ3) is 4.08. The number of halogens is 1. The first kappa shape index (κ1) is 15.1. The zero-order valence-electron chi connectivity index (χ0n) is 10.7. The molecule has 0 aliphatic rings. The molecule has 4 nitrogen and oxygen atoms in total. The van der Waals surface area contributed by atoms with Gasteiger partial charge in [0.1, 0.15) is 0 Å². The molecule has 1 rings (SSSR count). The molecule has 0 radical (unpaired) electrons. The van der Waals surface area contributed by atoms with Gasteiger partial charge in [-0.15, -0.1) is 0 Å². The van der Waals surface area contributed by atoms with Gasteiger partial charge in [0.2, 0.25) is 0 Å². The van der Waals surface area contributed by atoms with Gasteiger partial charge < -0.3 is 15.2 Å². The number of ether oxygens (including phenoxy) is 1. The average molecular weight is 316 g/mol. The van der Waals surface area contributed by atoms with E-state index in [4.69, 9.17) is 0 Å². The van der Waals surface area contributed by atoms with Crippen molar-refractivity contribution < 1.29 is 14.6 Å². The van der Waals surface area contributed by atoms with Crippen LogP contribution in [0.4, 0.5) is 0 Å². The number of aliphatic hydroxyl groups is 1. The third-order valence-corrected chi connectivity index (χ3v) is 3.28. The monoisotopic (exact) mass is 315 g/mol. The lowest BCUT2D eigenvalue weighted by molar-refractivity contribution is -0.160. The molecule has 18 heavy (non-hydrogen) atoms. The van der Waals surface area contributed by atoms with E-state index in [1.54, 1.807) is 0 Å². The fourth-order valence-corrected chi connectivity index (χ4v) is 1.78. The number of carbonyl (C=O) groups is 1. The number of rotatable bonds is 5. The van der Waals surface area contributed by atoms with Crippen LogP contribution in [0.1, 0.15) is 25.5 Å². The van der Waals surface area contributed by atoms with Crippen molar-refractivity contribution >= 4 is 21.9 Å². The molecule has 2 N–H and O–H groups in total. The van der Waals surface area contributed by atoms with E-state index >= 15 is 0 Å². The lowest BCUT2D eigenvalue weighted by Crippen LogP contribution is -2.46. The van der Waals surface area contributed by atoms with Crippen LogP contribution in [-0.4, -0.2) is 30.3 Å². The summed E-state index contributed by atoms with van der Waals surface area (Å²) in [7, 11) is 1.26. The third-order valence-electron chi connectivity index (χ3n) is 2.75. The summed E-state index contributed by atoms with van der Waals surface area (Å²) in [6.45, 7) is 3.54. The molecule has 0 saturated heterocycles. The summed E-state index contributed by atoms with van der Waals surface area (Å²) in [6.07, 6.45) is 0. The van der Waals surface area contributed by atoms with Crippen LogP contribution in [0.25, 0.3) is 0 Å². The van der Waals surface area contributed by atoms with Gasteiger partial charge in [0.15, 0.2) is 5.60 Å². The summed E-state index contributed by atoms with van der Waals surface area (Å²) in [5, 5.41) is 13.0. The van der Waals surface area contributed by atoms with E-state index in [2.05, 4.69) is 26.0 Å². The summed E-state index contributed by atoms with van der Waals surface area (Å²) in [5.74, 6) is -0.641. The first-order valence-electron chi connectivity index (χ1n) is 5.66. The lowest BCUT2D eigenvalue weighted by Gasteiger charge is -2.23. The fourth-order valence-electron chi connectivity index (χ4n) is 1.51. The van der Waals surface area contributed by atoms with Gasteiger partial charge in [-0.3, -0.25) is 0 Å². The van der Waals surface area contributed by atoms with Gasteiger partial charge in [-0.1, -0.05) is 28.1 Å². The second-order valence-corrected chi connectivity index (χ2v) is 5.34. The molecule has 2 atom stereocenters. The fraction of sp³-hybridized carbons (Fsp3) is 0.462. The van der Waals surface area contributed by atoms with E-state index in [0.717, 1.165) is 10.0 Å². The smallest absolute Gasteiger partial charge is 0.338 e. The van der Waals surface area contributed by atoms with Crippen molar-refractivity contribution in [3.05, 3.63) is 34.3 Å². The SMILES string of the molecule is COC(=O)C(C)(O)CN[C@@H](C)c1ccc(Br)cc1. The van der Waals surface area contributed by atoms with Gasteiger partial charge in [0.05, 0.1) is 7.11 Å². The Morgan fingerprint density at radius 3 is 2.56 bits per heavy atom. The highest BCUT2D eigenvalue weighted by Crippen LogP contribution is 2.17. The zero-order valence-corrected chi connectivity index (χ0v) is 12.3. The van der Waals surface area contributed by atoms with Gasteiger partial charge in [-0.2, -0.15) is 0 Å². The van der Waals surface area contributed by atoms with Gasteiger partial charge in [-0.05, 0) is 31.5 Å². The molecule has 1 unspecified atom stereocenters. The van der Waals surface area contributed by atoms with E-state index < -0.39 is 11.6 Å². The predicted octanol–water partition coefficient (Wildman–Crippen LogP) is 2.02. The number of hydrogen-bond acceptors (Lipinski definition) is 4. The van der Waals surface area contributed by atoms with Crippen molar-refractivity contribution in [1.29, 1.82) is 0 Å². The van der Waals surface area contributed by atoms with Crippen molar-refractivity contribution in [2.45, 2.75) is 25.5 Å². The molecule has 0 bridgehead atoms. The van der Waals surface area contributed by atoms with Crippen LogP contribution in [-0.2, 0) is 9.53 Å². The van der Waals surface area contributed by atoms with Crippen molar-refractivity contribution in [1.82, 2.24) is 5.32 Å². The van der Waals surface area contributed by atoms with Crippen LogP contribution in [0.15, 0.2) is 28.7 Å². The Kier molecular flexibility index (Phi) is 5.31. The number of benzene rings is 1. The molecule has 0 saturated carbocycles. The largest absolute Gasteiger partial charge is 0.467 e. The second-order valence-electron chi connectivity index (χ2n) is 4.42. The number of carbonyl (C=O) groups excluding carboxylic acids is 1. The van der Waals surface area contributed by atoms with Crippen LogP contribution in [0, 0.1) is 0 Å². The van der Waals surface area contributed by atoms with E-state index in [1.165, 1.54) is 14.0 Å². The van der Waals surface area contributed by atoms with E-state index in [9.17, 15) is 9.90 Å². The van der Waals surface area contributed by atoms with Crippen LogP contribution in [0.3, 0.4) is 0 Å². The molecule has 0 aliphatic carbocycles. The normalized spacial score (nSPS) is 15.8. The number of methoxy groups -OCH3 is 1. The molecule has 100 valence electrons. The summed E-state index contributed by atoms with van der Waals surface area (Å²) in [4.78, 5) is 11.3. The van der Waals surface area contributed by atoms with Gasteiger partial charge in [0, 0.05) is 17.1 Å². The lowest BCUT2D eigenvalue weighted by atomic mass is 10.0. The standard InChI is InChI=1S/C13H18BrNO3/c1-9(10-4-6-11(14)7-5-10)15-8-13(2,17)12(16)18-3/h4-7,9,15,17H,8H2,1-3H3/t9-,13?/m0/s1. The predicted molar refractivity (Wildman–Crippen MR) is 73.2 cm³/mol. The van der Waals surface area contributed by atoms with E-state index in [-0.39, 0.29) is 12.6 Å². The molecule has 1 aromatic carbocycles. The summed E-state index contributed by atoms with van der Waals surface area (Å²) in [5.41, 5.74) is -0.433. The molecule has 0 fully saturated rings. The van der Waals surface area contributed by atoms with Crippen LogP contribution in [0.5, 0.6) is 0 Å². The summed E-state index contributed by atoms with van der Waals surface area (Å²) in [6, 6.07) is 7.90. The van der Waals surface area contributed by atoms with Crippen molar-refractivity contribution in [2.75, 3.05) is 13.7 Å². The van der Waals surface area contributed by atoms with Crippen LogP contribution in [0.2, 0.25) is 0 Å². The van der Waals surface area contributed by atoms with Crippen molar-refractivity contribution in [3.63, 3.8) is 0 Å². The molecular weight excluding hydrogens is 298 g/mol. The first-order valence-corrected chi connectivity index (χ1v) is 6.46. The topological polar surface area (TPSA) is 58.6 Å². The van der Waals surface area contributed by atoms with Gasteiger partial charge in [-0.25, -0.2) is 4.79 Å². The van der Waals surface area contributed by atoms with Crippen LogP contribution >= 0.6 is 15.9 Å². The van der Waals surface area contributed by atoms with Gasteiger partial charge in [0.25, 0.3) is 0 Å². The van der Waals surface area contributed by atoms with Crippen LogP contribution < -0.4 is 5.32 Å². The first-order chi connectivity index (χ1) is 8.36. The highest BCUT2D eigenvalue weighted by molar-refractivity contribution is 9.10. The summed E-state index contributed by atoms with van der Waals surface area (Å²) >= 11 is 3.37. The second kappa shape index (κ2) is 6.31. The maximum absolute atomic E-state index is 11.3. The maximum atomic E-state index is 11.3. The Labute approximate surface area is 115 Å². The number of hydrogen-bond donors (Lipinski definition) is 2. The minimum absolute atomic E-state index is 0.0363. The molecule has 1 aromatic rings. The average Bonchev–Trinajstić information content (AvgIpc) is 2.35. The Bertz CT molecular complexity index is 403. The van der Waals surface area contributed by atoms with Crippen molar-refractivity contribution in [2.24, 2.45) is 0 Å². The molecule has 0 spiro atoms. The Morgan fingerprint density at radius 2 is 2.06 bits per heavy atom. The van der Waals surface area contributed by atoms with E-state index in [0.29, 0.717) is 0 Å². The molecule has 0 aromatic heterocycles. The number of esters is 1. The minimum Gasteiger partial charge on any atom is -0.467 e. The van der Waals surface area contributed by atoms with Crippen molar-refractivity contribution in [3.8, 4) is 0 Å². The molecule has 0 aliphatic heterocycles. The highest BCUT2D eigenvalue weighted by Gasteiger charge is 2.31. The quantitative estimate of drug-likeness (QED) is 0.816. The molecule has 0 heterocycles. The molecular formula is C13H18BrNO3. The number of nitrogens with one attached hydrogen (secondary N) is 1. The Morgan fingerprint density at radius 1 is 1.50 bits per heavy atom. The van der Waals surface area contributed by atoms with E-state index in [1.807, 2.05) is 31.2 Å². The molecule has 5 heteroatoms. The Balaban J connectivity index is 2.58. The maximum Gasteiger partial charge on any atom is 0.338 e. The summed E-state index contributed by atoms with van der Waals surface area (Å²) < 4.78 is 5.55. The Hall–Kier alpha value is -0.910. The minimum atomic E-state index is -1.52. The molecule has 0 amide bonds.